The number of hydrogen-bond donors (Lipinski definition) is 1. The van der Waals surface area contributed by atoms with E-state index < -0.39 is 0 Å². The third kappa shape index (κ3) is 3.44. The van der Waals surface area contributed by atoms with E-state index in [9.17, 15) is 14.4 Å². The molecule has 5 rings (SSSR count). The highest BCUT2D eigenvalue weighted by Gasteiger charge is 2.35. The number of nitrogens with zero attached hydrogens (tertiary/aromatic N) is 3. The largest absolute Gasteiger partial charge is 0.342 e. The Hall–Kier alpha value is -3.22. The van der Waals surface area contributed by atoms with Gasteiger partial charge in [0.1, 0.15) is 5.82 Å². The minimum atomic E-state index is -0.139. The molecule has 0 saturated carbocycles. The quantitative estimate of drug-likeness (QED) is 0.721. The third-order valence-corrected chi connectivity index (χ3v) is 6.30. The minimum absolute atomic E-state index is 0.0545. The van der Waals surface area contributed by atoms with Crippen molar-refractivity contribution in [2.24, 2.45) is 5.92 Å². The first-order valence-corrected chi connectivity index (χ1v) is 10.5. The molecule has 1 amide bonds. The molecule has 1 fully saturated rings. The van der Waals surface area contributed by atoms with E-state index in [0.29, 0.717) is 61.5 Å². The van der Waals surface area contributed by atoms with Gasteiger partial charge in [-0.3, -0.25) is 14.4 Å². The Morgan fingerprint density at radius 2 is 1.93 bits per heavy atom. The van der Waals surface area contributed by atoms with Crippen LogP contribution in [0.3, 0.4) is 0 Å². The summed E-state index contributed by atoms with van der Waals surface area (Å²) in [5.41, 5.74) is 1.65. The Balaban J connectivity index is 1.23. The highest BCUT2D eigenvalue weighted by Crippen LogP contribution is 2.35. The highest BCUT2D eigenvalue weighted by atomic mass is 16.2. The summed E-state index contributed by atoms with van der Waals surface area (Å²) < 4.78 is 1.88. The lowest BCUT2D eigenvalue weighted by molar-refractivity contribution is -0.134. The fourth-order valence-electron chi connectivity index (χ4n) is 4.92. The van der Waals surface area contributed by atoms with Gasteiger partial charge in [0.05, 0.1) is 10.9 Å². The molecule has 2 aliphatic heterocycles. The van der Waals surface area contributed by atoms with E-state index in [4.69, 9.17) is 0 Å². The number of amides is 1. The Kier molecular flexibility index (Phi) is 4.73. The lowest BCUT2D eigenvalue weighted by Gasteiger charge is -2.42. The number of H-pyrrole nitrogens is 1. The van der Waals surface area contributed by atoms with E-state index in [1.807, 2.05) is 39.8 Å². The number of aryl methyl sites for hydroxylation is 1. The maximum absolute atomic E-state index is 12.8. The number of para-hydroxylation sites is 1. The standard InChI is InChI=1S/C23H24N4O3/c28-21(9-4-8-20-24-18-6-2-1-5-17(18)23(30)25-20)26-12-15-11-16(14-26)19-7-3-10-22(29)27(19)13-15/h1-3,5-7,10,15-16H,4,8-9,11-14H2,(H,24,25,30)/t15-,16+/m1/s1. The van der Waals surface area contributed by atoms with Crippen LogP contribution in [0.4, 0.5) is 0 Å². The summed E-state index contributed by atoms with van der Waals surface area (Å²) in [7, 11) is 0. The van der Waals surface area contributed by atoms with Crippen LogP contribution in [0.1, 0.15) is 36.7 Å². The number of benzene rings is 1. The van der Waals surface area contributed by atoms with E-state index in [0.717, 1.165) is 12.1 Å². The molecule has 0 unspecified atom stereocenters. The second-order valence-corrected chi connectivity index (χ2v) is 8.38. The molecule has 0 aliphatic carbocycles. The van der Waals surface area contributed by atoms with Gasteiger partial charge in [0, 0.05) is 50.2 Å². The normalized spacial score (nSPS) is 20.2. The molecule has 7 nitrogen and oxygen atoms in total. The van der Waals surface area contributed by atoms with Gasteiger partial charge in [-0.05, 0) is 37.0 Å². The second-order valence-electron chi connectivity index (χ2n) is 8.38. The summed E-state index contributed by atoms with van der Waals surface area (Å²) in [5, 5.41) is 0.580. The van der Waals surface area contributed by atoms with Crippen molar-refractivity contribution in [1.29, 1.82) is 0 Å². The van der Waals surface area contributed by atoms with Gasteiger partial charge in [-0.2, -0.15) is 0 Å². The van der Waals surface area contributed by atoms with Crippen LogP contribution in [0.2, 0.25) is 0 Å². The van der Waals surface area contributed by atoms with E-state index in [1.54, 1.807) is 12.1 Å². The van der Waals surface area contributed by atoms with Crippen LogP contribution >= 0.6 is 0 Å². The first-order chi connectivity index (χ1) is 14.6. The van der Waals surface area contributed by atoms with Crippen molar-refractivity contribution in [2.45, 2.75) is 38.1 Å². The smallest absolute Gasteiger partial charge is 0.258 e. The van der Waals surface area contributed by atoms with E-state index >= 15 is 0 Å². The number of piperidine rings is 1. The van der Waals surface area contributed by atoms with E-state index in [1.165, 1.54) is 0 Å². The van der Waals surface area contributed by atoms with Crippen molar-refractivity contribution in [3.63, 3.8) is 0 Å². The number of hydrogen-bond acceptors (Lipinski definition) is 4. The summed E-state index contributed by atoms with van der Waals surface area (Å²) in [5.74, 6) is 1.32. The summed E-state index contributed by atoms with van der Waals surface area (Å²) >= 11 is 0. The molecule has 1 aromatic carbocycles. The van der Waals surface area contributed by atoms with E-state index in [2.05, 4.69) is 9.97 Å². The Morgan fingerprint density at radius 3 is 2.83 bits per heavy atom. The highest BCUT2D eigenvalue weighted by molar-refractivity contribution is 5.77. The molecule has 2 aromatic heterocycles. The molecular weight excluding hydrogens is 380 g/mol. The number of nitrogens with one attached hydrogen (secondary N) is 1. The fourth-order valence-corrected chi connectivity index (χ4v) is 4.92. The summed E-state index contributed by atoms with van der Waals surface area (Å²) in [4.78, 5) is 46.5. The summed E-state index contributed by atoms with van der Waals surface area (Å²) in [6.07, 6.45) is 2.67. The number of carbonyl (C=O) groups is 1. The molecule has 3 aromatic rings. The molecule has 0 radical (unpaired) electrons. The second kappa shape index (κ2) is 7.55. The van der Waals surface area contributed by atoms with Crippen LogP contribution in [-0.4, -0.2) is 38.4 Å². The number of likely N-dealkylation sites (tertiary alicyclic amines) is 1. The average molecular weight is 404 g/mol. The van der Waals surface area contributed by atoms with Gasteiger partial charge in [0.15, 0.2) is 0 Å². The molecule has 2 bridgehead atoms. The molecule has 1 N–H and O–H groups in total. The topological polar surface area (TPSA) is 88.1 Å². The first-order valence-electron chi connectivity index (χ1n) is 10.5. The van der Waals surface area contributed by atoms with Crippen LogP contribution in [0.15, 0.2) is 52.1 Å². The zero-order chi connectivity index (χ0) is 20.7. The number of aromatic amines is 1. The van der Waals surface area contributed by atoms with Crippen LogP contribution < -0.4 is 11.1 Å². The molecule has 2 atom stereocenters. The lowest BCUT2D eigenvalue weighted by Crippen LogP contribution is -2.49. The number of fused-ring (bicyclic) bond motifs is 5. The zero-order valence-corrected chi connectivity index (χ0v) is 16.7. The Morgan fingerprint density at radius 1 is 1.07 bits per heavy atom. The predicted molar refractivity (Wildman–Crippen MR) is 113 cm³/mol. The number of aromatic nitrogens is 3. The van der Waals surface area contributed by atoms with Gasteiger partial charge in [-0.25, -0.2) is 4.98 Å². The summed E-state index contributed by atoms with van der Waals surface area (Å²) in [6.45, 7) is 2.07. The average Bonchev–Trinajstić information content (AvgIpc) is 2.74. The van der Waals surface area contributed by atoms with Gasteiger partial charge < -0.3 is 14.5 Å². The maximum Gasteiger partial charge on any atom is 0.258 e. The Labute approximate surface area is 173 Å². The third-order valence-electron chi connectivity index (χ3n) is 6.30. The molecule has 2 aliphatic rings. The van der Waals surface area contributed by atoms with Gasteiger partial charge in [0.25, 0.3) is 11.1 Å². The van der Waals surface area contributed by atoms with Gasteiger partial charge >= 0.3 is 0 Å². The maximum atomic E-state index is 12.8. The molecule has 7 heteroatoms. The molecular formula is C23H24N4O3. The number of carbonyl (C=O) groups excluding carboxylic acids is 1. The SMILES string of the molecule is O=C(CCCc1nc2ccccc2c(=O)[nH]1)N1C[C@H]2C[C@@H](C1)c1cccc(=O)n1C2. The molecule has 4 heterocycles. The van der Waals surface area contributed by atoms with Crippen molar-refractivity contribution in [3.05, 3.63) is 74.7 Å². The van der Waals surface area contributed by atoms with Crippen LogP contribution in [-0.2, 0) is 17.8 Å². The minimum Gasteiger partial charge on any atom is -0.342 e. The molecule has 0 spiro atoms. The zero-order valence-electron chi connectivity index (χ0n) is 16.7. The monoisotopic (exact) mass is 404 g/mol. The van der Waals surface area contributed by atoms with Crippen molar-refractivity contribution in [1.82, 2.24) is 19.4 Å². The van der Waals surface area contributed by atoms with Gasteiger partial charge in [-0.15, -0.1) is 0 Å². The van der Waals surface area contributed by atoms with Crippen molar-refractivity contribution < 1.29 is 4.79 Å². The van der Waals surface area contributed by atoms with Crippen molar-refractivity contribution in [3.8, 4) is 0 Å². The van der Waals surface area contributed by atoms with E-state index in [-0.39, 0.29) is 22.9 Å². The molecule has 1 saturated heterocycles. The van der Waals surface area contributed by atoms with Crippen molar-refractivity contribution >= 4 is 16.8 Å². The van der Waals surface area contributed by atoms with Gasteiger partial charge in [-0.1, -0.05) is 18.2 Å². The van der Waals surface area contributed by atoms with Crippen LogP contribution in [0.5, 0.6) is 0 Å². The number of pyridine rings is 1. The van der Waals surface area contributed by atoms with Crippen LogP contribution in [0, 0.1) is 5.92 Å². The van der Waals surface area contributed by atoms with Crippen molar-refractivity contribution in [2.75, 3.05) is 13.1 Å². The molecule has 30 heavy (non-hydrogen) atoms. The fraction of sp³-hybridized carbons (Fsp3) is 0.391. The Bertz CT molecular complexity index is 1230. The molecule has 154 valence electrons. The van der Waals surface area contributed by atoms with Crippen LogP contribution in [0.25, 0.3) is 10.9 Å². The van der Waals surface area contributed by atoms with Gasteiger partial charge in [0.2, 0.25) is 5.91 Å². The lowest BCUT2D eigenvalue weighted by atomic mass is 9.83. The number of rotatable bonds is 4. The first kappa shape index (κ1) is 18.8. The summed E-state index contributed by atoms with van der Waals surface area (Å²) in [6, 6.07) is 12.7. The predicted octanol–water partition coefficient (Wildman–Crippen LogP) is 2.05.